The average molecular weight is 435 g/mol. The van der Waals surface area contributed by atoms with Crippen molar-refractivity contribution >= 4 is 34.5 Å². The first-order valence-electron chi connectivity index (χ1n) is 9.47. The minimum atomic E-state index is -0.790. The normalized spacial score (nSPS) is 19.1. The molecule has 1 aromatic heterocycles. The monoisotopic (exact) mass is 435 g/mol. The number of ketones is 1. The SMILES string of the molecule is COc1ccccc1N1C(=O)C(=O)/C(=C(\O)c2ccc3c(c2)OCO3)C1c1cccs1. The van der Waals surface area contributed by atoms with Crippen molar-refractivity contribution < 1.29 is 28.9 Å². The third kappa shape index (κ3) is 3.03. The first kappa shape index (κ1) is 19.2. The molecule has 1 amide bonds. The number of amides is 1. The van der Waals surface area contributed by atoms with E-state index in [9.17, 15) is 14.7 Å². The van der Waals surface area contributed by atoms with E-state index in [4.69, 9.17) is 14.2 Å². The summed E-state index contributed by atoms with van der Waals surface area (Å²) >= 11 is 1.40. The number of aliphatic hydroxyl groups is 1. The zero-order valence-corrected chi connectivity index (χ0v) is 17.2. The number of rotatable bonds is 4. The lowest BCUT2D eigenvalue weighted by molar-refractivity contribution is -0.132. The van der Waals surface area contributed by atoms with Crippen LogP contribution in [0.25, 0.3) is 5.76 Å². The molecular weight excluding hydrogens is 418 g/mol. The van der Waals surface area contributed by atoms with Crippen LogP contribution in [-0.4, -0.2) is 30.7 Å². The van der Waals surface area contributed by atoms with Gasteiger partial charge in [0.15, 0.2) is 11.5 Å². The molecule has 5 rings (SSSR count). The van der Waals surface area contributed by atoms with Gasteiger partial charge in [0.25, 0.3) is 11.7 Å². The third-order valence-electron chi connectivity index (χ3n) is 5.25. The van der Waals surface area contributed by atoms with Gasteiger partial charge >= 0.3 is 0 Å². The number of hydrogen-bond acceptors (Lipinski definition) is 7. The lowest BCUT2D eigenvalue weighted by Gasteiger charge is -2.25. The Balaban J connectivity index is 1.70. The predicted octanol–water partition coefficient (Wildman–Crippen LogP) is 4.11. The highest BCUT2D eigenvalue weighted by molar-refractivity contribution is 7.10. The number of methoxy groups -OCH3 is 1. The molecule has 7 nitrogen and oxygen atoms in total. The number of ether oxygens (including phenoxy) is 3. The molecule has 1 N–H and O–H groups in total. The standard InChI is InChI=1S/C23H17NO6S/c1-28-15-6-3-2-5-14(15)24-20(18-7-4-10-31-18)19(22(26)23(24)27)21(25)13-8-9-16-17(11-13)30-12-29-16/h2-11,20,25H,12H2,1H3/b21-19-. The van der Waals surface area contributed by atoms with Gasteiger partial charge in [-0.2, -0.15) is 0 Å². The fraction of sp³-hybridized carbons (Fsp3) is 0.130. The Morgan fingerprint density at radius 2 is 1.90 bits per heavy atom. The number of nitrogens with zero attached hydrogens (tertiary/aromatic N) is 1. The van der Waals surface area contributed by atoms with Gasteiger partial charge in [-0.25, -0.2) is 0 Å². The Kier molecular flexibility index (Phi) is 4.63. The van der Waals surface area contributed by atoms with E-state index in [1.807, 2.05) is 17.5 Å². The summed E-state index contributed by atoms with van der Waals surface area (Å²) in [5.74, 6) is -0.289. The second kappa shape index (κ2) is 7.48. The van der Waals surface area contributed by atoms with Crippen LogP contribution >= 0.6 is 11.3 Å². The highest BCUT2D eigenvalue weighted by Gasteiger charge is 2.48. The van der Waals surface area contributed by atoms with Crippen molar-refractivity contribution in [1.29, 1.82) is 0 Å². The lowest BCUT2D eigenvalue weighted by Crippen LogP contribution is -2.29. The maximum atomic E-state index is 13.1. The molecular formula is C23H17NO6S. The molecule has 8 heteroatoms. The van der Waals surface area contributed by atoms with Gasteiger partial charge in [0.05, 0.1) is 18.4 Å². The third-order valence-corrected chi connectivity index (χ3v) is 6.17. The molecule has 1 atom stereocenters. The van der Waals surface area contributed by atoms with Crippen LogP contribution in [0.1, 0.15) is 16.5 Å². The zero-order chi connectivity index (χ0) is 21.5. The summed E-state index contributed by atoms with van der Waals surface area (Å²) in [6.45, 7) is 0.0902. The van der Waals surface area contributed by atoms with Crippen LogP contribution in [0.5, 0.6) is 17.2 Å². The Morgan fingerprint density at radius 3 is 2.68 bits per heavy atom. The van der Waals surface area contributed by atoms with E-state index in [-0.39, 0.29) is 18.1 Å². The van der Waals surface area contributed by atoms with Crippen molar-refractivity contribution in [3.8, 4) is 17.2 Å². The van der Waals surface area contributed by atoms with Crippen molar-refractivity contribution in [3.05, 3.63) is 76.0 Å². The summed E-state index contributed by atoms with van der Waals surface area (Å²) in [5, 5.41) is 13.0. The molecule has 1 unspecified atom stereocenters. The Hall–Kier alpha value is -3.78. The summed E-state index contributed by atoms with van der Waals surface area (Å²) in [4.78, 5) is 28.4. The molecule has 0 aliphatic carbocycles. The molecule has 156 valence electrons. The minimum absolute atomic E-state index is 0.0113. The van der Waals surface area contributed by atoms with E-state index < -0.39 is 17.7 Å². The molecule has 0 saturated carbocycles. The van der Waals surface area contributed by atoms with Gasteiger partial charge in [-0.05, 0) is 41.8 Å². The second-order valence-corrected chi connectivity index (χ2v) is 7.90. The fourth-order valence-corrected chi connectivity index (χ4v) is 4.65. The minimum Gasteiger partial charge on any atom is -0.507 e. The van der Waals surface area contributed by atoms with Crippen LogP contribution in [0.4, 0.5) is 5.69 Å². The number of carbonyl (C=O) groups excluding carboxylic acids is 2. The predicted molar refractivity (Wildman–Crippen MR) is 115 cm³/mol. The molecule has 2 aromatic carbocycles. The number of Topliss-reactive ketones (excluding diaryl/α,β-unsaturated/α-hetero) is 1. The van der Waals surface area contributed by atoms with Crippen molar-refractivity contribution in [1.82, 2.24) is 0 Å². The van der Waals surface area contributed by atoms with Gasteiger partial charge in [0.2, 0.25) is 6.79 Å². The maximum absolute atomic E-state index is 13.1. The van der Waals surface area contributed by atoms with Gasteiger partial charge in [-0.3, -0.25) is 14.5 Å². The van der Waals surface area contributed by atoms with E-state index >= 15 is 0 Å². The number of aliphatic hydroxyl groups excluding tert-OH is 1. The molecule has 0 radical (unpaired) electrons. The van der Waals surface area contributed by atoms with Crippen LogP contribution in [0.15, 0.2) is 65.6 Å². The van der Waals surface area contributed by atoms with E-state index in [0.717, 1.165) is 4.88 Å². The average Bonchev–Trinajstić information content (AvgIpc) is 3.53. The number of benzene rings is 2. The number of anilines is 1. The second-order valence-electron chi connectivity index (χ2n) is 6.92. The van der Waals surface area contributed by atoms with Crippen molar-refractivity contribution in [2.75, 3.05) is 18.8 Å². The first-order valence-corrected chi connectivity index (χ1v) is 10.4. The van der Waals surface area contributed by atoms with Crippen LogP contribution in [0, 0.1) is 0 Å². The van der Waals surface area contributed by atoms with Crippen LogP contribution in [0.2, 0.25) is 0 Å². The van der Waals surface area contributed by atoms with Gasteiger partial charge < -0.3 is 19.3 Å². The number of carbonyl (C=O) groups is 2. The summed E-state index contributed by atoms with van der Waals surface area (Å²) in [6, 6.07) is 14.7. The lowest BCUT2D eigenvalue weighted by atomic mass is 9.99. The number of fused-ring (bicyclic) bond motifs is 1. The van der Waals surface area contributed by atoms with Gasteiger partial charge in [-0.1, -0.05) is 18.2 Å². The Bertz CT molecular complexity index is 1220. The summed E-state index contributed by atoms with van der Waals surface area (Å²) in [7, 11) is 1.50. The highest BCUT2D eigenvalue weighted by Crippen LogP contribution is 2.46. The summed E-state index contributed by atoms with van der Waals surface area (Å²) in [6.07, 6.45) is 0. The maximum Gasteiger partial charge on any atom is 0.300 e. The smallest absolute Gasteiger partial charge is 0.300 e. The number of hydrogen-bond donors (Lipinski definition) is 1. The van der Waals surface area contributed by atoms with E-state index in [0.29, 0.717) is 28.5 Å². The van der Waals surface area contributed by atoms with Gasteiger partial charge in [-0.15, -0.1) is 11.3 Å². The van der Waals surface area contributed by atoms with Crippen molar-refractivity contribution in [3.63, 3.8) is 0 Å². The summed E-state index contributed by atoms with van der Waals surface area (Å²) in [5.41, 5.74) is 0.830. The largest absolute Gasteiger partial charge is 0.507 e. The number of thiophene rings is 1. The molecule has 0 bridgehead atoms. The molecule has 3 aromatic rings. The van der Waals surface area contributed by atoms with E-state index in [1.54, 1.807) is 42.5 Å². The van der Waals surface area contributed by atoms with E-state index in [1.165, 1.54) is 23.3 Å². The first-order chi connectivity index (χ1) is 15.1. The Labute approximate surface area is 181 Å². The number of para-hydroxylation sites is 2. The van der Waals surface area contributed by atoms with Crippen molar-refractivity contribution in [2.24, 2.45) is 0 Å². The molecule has 0 spiro atoms. The van der Waals surface area contributed by atoms with Gasteiger partial charge in [0.1, 0.15) is 17.6 Å². The topological polar surface area (TPSA) is 85.3 Å². The molecule has 2 aliphatic heterocycles. The van der Waals surface area contributed by atoms with Gasteiger partial charge in [0, 0.05) is 10.4 Å². The molecule has 31 heavy (non-hydrogen) atoms. The Morgan fingerprint density at radius 1 is 1.10 bits per heavy atom. The zero-order valence-electron chi connectivity index (χ0n) is 16.4. The molecule has 3 heterocycles. The molecule has 1 saturated heterocycles. The molecule has 2 aliphatic rings. The van der Waals surface area contributed by atoms with Crippen LogP contribution < -0.4 is 19.1 Å². The van der Waals surface area contributed by atoms with E-state index in [2.05, 4.69) is 0 Å². The fourth-order valence-electron chi connectivity index (χ4n) is 3.83. The van der Waals surface area contributed by atoms with Crippen LogP contribution in [-0.2, 0) is 9.59 Å². The van der Waals surface area contributed by atoms with Crippen molar-refractivity contribution in [2.45, 2.75) is 6.04 Å². The summed E-state index contributed by atoms with van der Waals surface area (Å²) < 4.78 is 16.1. The quantitative estimate of drug-likeness (QED) is 0.377. The van der Waals surface area contributed by atoms with Crippen LogP contribution in [0.3, 0.4) is 0 Å². The highest BCUT2D eigenvalue weighted by atomic mass is 32.1. The molecule has 1 fully saturated rings.